The van der Waals surface area contributed by atoms with Crippen LogP contribution in [0.15, 0.2) is 153 Å². The third kappa shape index (κ3) is 16.4. The lowest BCUT2D eigenvalue weighted by Crippen LogP contribution is -2.37. The Labute approximate surface area is 420 Å². The number of ketones is 2. The van der Waals surface area contributed by atoms with E-state index in [2.05, 4.69) is 0 Å². The number of ether oxygens (including phenoxy) is 2. The Morgan fingerprint density at radius 3 is 1.21 bits per heavy atom. The van der Waals surface area contributed by atoms with Gasteiger partial charge in [-0.2, -0.15) is 0 Å². The summed E-state index contributed by atoms with van der Waals surface area (Å²) in [4.78, 5) is 69.9. The summed E-state index contributed by atoms with van der Waals surface area (Å²) in [6.07, 6.45) is 23.9. The molecule has 0 saturated carbocycles. The molecule has 0 aromatic heterocycles. The van der Waals surface area contributed by atoms with Crippen LogP contribution in [0.25, 0.3) is 0 Å². The molecule has 0 fully saturated rings. The van der Waals surface area contributed by atoms with E-state index in [4.69, 9.17) is 27.6 Å². The molecular formula is C52H64O18P2. The number of rotatable bonds is 22. The maximum absolute atomic E-state index is 13.3. The zero-order valence-corrected chi connectivity index (χ0v) is 43.6. The maximum atomic E-state index is 13.3. The predicted octanol–water partition coefficient (Wildman–Crippen LogP) is 10.1. The Balaban J connectivity index is 1.25. The Morgan fingerprint density at radius 1 is 0.569 bits per heavy atom. The third-order valence-electron chi connectivity index (χ3n) is 11.8. The number of carbonyl (C=O) groups excluding carboxylic acids is 4. The fraction of sp³-hybridized carbons (Fsp3) is 0.385. The van der Waals surface area contributed by atoms with Gasteiger partial charge in [0.25, 0.3) is 0 Å². The molecule has 2 heterocycles. The number of hydrogen-bond donors (Lipinski definition) is 6. The summed E-state index contributed by atoms with van der Waals surface area (Å²) in [5.74, 6) is -6.67. The second-order valence-electron chi connectivity index (χ2n) is 18.7. The highest BCUT2D eigenvalue weighted by Gasteiger charge is 2.44. The van der Waals surface area contributed by atoms with Crippen LogP contribution in [0.3, 0.4) is 0 Å². The standard InChI is InChI=1S/C52H64O18P2/c1-31(17-13-19-33(3)21-23-37-35(5)43(53)41(29-51(37,7)8)69-71(61,62)65-27-25-39-45(55)47(57)49(59)67-39)15-11-12-16-32(2)18-14-20-34(4)22-24-38-36(6)44(54)42(30-52(38,9)10)70-72(63,64)66-28-26-40-46(56)48(58)50(60)68-40/h11-26,39-42,55-58H,27-30H2,1-10H3,(H,61,62)(H,63,64)/b12-11+,17-13+,18-14+,23-21+,24-22+,31-15+,32-16+,33-19+,34-20+/t39-,40-,41?,42?/m1/s1. The van der Waals surface area contributed by atoms with Crippen molar-refractivity contribution in [3.05, 3.63) is 166 Å². The van der Waals surface area contributed by atoms with Crippen molar-refractivity contribution in [3.8, 4) is 0 Å². The molecule has 72 heavy (non-hydrogen) atoms. The van der Waals surface area contributed by atoms with Gasteiger partial charge in [0.15, 0.2) is 35.3 Å². The number of Topliss-reactive ketones (excluding diaryl/α,β-unsaturated/α-hetero) is 2. The van der Waals surface area contributed by atoms with Gasteiger partial charge in [-0.3, -0.25) is 27.7 Å². The number of phosphoric acid groups is 2. The summed E-state index contributed by atoms with van der Waals surface area (Å²) in [7, 11) is -9.53. The quantitative estimate of drug-likeness (QED) is 0.0334. The van der Waals surface area contributed by atoms with Gasteiger partial charge in [-0.05, 0) is 87.5 Å². The number of allylic oxidation sites excluding steroid dienone is 20. The number of carbonyl (C=O) groups is 4. The molecule has 6 N–H and O–H groups in total. The molecule has 0 saturated heterocycles. The SMILES string of the molecule is CC1=C(/C=C/C(C)=C/C=C/C(C)=C/C=C/C=C(C)/C=C/C=C(C)/C=C/C2=C(C)C(=O)C(OP(=O)(O)OC[CH][C@H]3OC(=O)C(O)=C3O)CC2(C)C)C(C)(C)CC(OP(=O)(O)OC[CH][C@H]2OC(=O)C(O)=C2O)C1=O. The minimum Gasteiger partial charge on any atom is -0.505 e. The lowest BCUT2D eigenvalue weighted by atomic mass is 9.71. The highest BCUT2D eigenvalue weighted by atomic mass is 31.2. The second kappa shape index (κ2) is 24.8. The van der Waals surface area contributed by atoms with Crippen molar-refractivity contribution >= 4 is 39.2 Å². The van der Waals surface area contributed by atoms with Crippen molar-refractivity contribution in [2.75, 3.05) is 13.2 Å². The van der Waals surface area contributed by atoms with Gasteiger partial charge >= 0.3 is 27.6 Å². The molecule has 0 bridgehead atoms. The molecule has 4 rings (SSSR count). The average molecular weight is 1040 g/mol. The molecule has 4 unspecified atom stereocenters. The molecule has 2 aliphatic heterocycles. The van der Waals surface area contributed by atoms with Crippen LogP contribution in [0, 0.1) is 23.7 Å². The summed E-state index contributed by atoms with van der Waals surface area (Å²) >= 11 is 0. The Hall–Kier alpha value is -5.68. The fourth-order valence-electron chi connectivity index (χ4n) is 7.82. The Kier molecular flexibility index (Phi) is 20.3. The van der Waals surface area contributed by atoms with Gasteiger partial charge in [0.05, 0.1) is 13.2 Å². The monoisotopic (exact) mass is 1040 g/mol. The first-order valence-electron chi connectivity index (χ1n) is 22.7. The van der Waals surface area contributed by atoms with E-state index in [-0.39, 0.29) is 12.8 Å². The van der Waals surface area contributed by atoms with Gasteiger partial charge in [-0.1, -0.05) is 135 Å². The normalized spacial score (nSPS) is 25.7. The molecule has 6 atom stereocenters. The summed E-state index contributed by atoms with van der Waals surface area (Å²) in [5, 5.41) is 38.2. The van der Waals surface area contributed by atoms with Crippen molar-refractivity contribution in [2.24, 2.45) is 10.8 Å². The van der Waals surface area contributed by atoms with Crippen molar-refractivity contribution in [1.82, 2.24) is 0 Å². The molecule has 2 aliphatic carbocycles. The lowest BCUT2D eigenvalue weighted by molar-refractivity contribution is -0.142. The van der Waals surface area contributed by atoms with Gasteiger partial charge in [0, 0.05) is 12.8 Å². The summed E-state index contributed by atoms with van der Waals surface area (Å²) in [6.45, 7) is 17.4. The maximum Gasteiger partial charge on any atom is 0.472 e. The van der Waals surface area contributed by atoms with Gasteiger partial charge in [-0.15, -0.1) is 0 Å². The van der Waals surface area contributed by atoms with Gasteiger partial charge in [0.2, 0.25) is 11.5 Å². The Morgan fingerprint density at radius 2 is 0.889 bits per heavy atom. The second-order valence-corrected chi connectivity index (χ2v) is 21.5. The van der Waals surface area contributed by atoms with Gasteiger partial charge in [0.1, 0.15) is 12.2 Å². The van der Waals surface area contributed by atoms with E-state index in [1.165, 1.54) is 0 Å². The molecule has 2 radical (unpaired) electrons. The fourth-order valence-corrected chi connectivity index (χ4v) is 9.48. The summed E-state index contributed by atoms with van der Waals surface area (Å²) < 4.78 is 55.1. The molecule has 0 aromatic carbocycles. The molecule has 0 amide bonds. The smallest absolute Gasteiger partial charge is 0.472 e. The van der Waals surface area contributed by atoms with E-state index in [0.717, 1.165) is 46.3 Å². The van der Waals surface area contributed by atoms with Crippen molar-refractivity contribution in [2.45, 2.75) is 106 Å². The van der Waals surface area contributed by atoms with Crippen molar-refractivity contribution in [3.63, 3.8) is 0 Å². The largest absolute Gasteiger partial charge is 0.505 e. The van der Waals surface area contributed by atoms with Crippen LogP contribution in [-0.2, 0) is 55.9 Å². The van der Waals surface area contributed by atoms with Crippen LogP contribution in [-0.4, -0.2) is 91.3 Å². The topological polar surface area (TPSA) is 279 Å². The molecular weight excluding hydrogens is 975 g/mol. The molecule has 18 nitrogen and oxygen atoms in total. The minimum absolute atomic E-state index is 0.0920. The van der Waals surface area contributed by atoms with Crippen LogP contribution in [0.1, 0.15) is 82.1 Å². The van der Waals surface area contributed by atoms with E-state index in [9.17, 15) is 58.5 Å². The number of hydrogen-bond acceptors (Lipinski definition) is 16. The molecule has 20 heteroatoms. The number of aliphatic hydroxyl groups is 4. The number of aliphatic hydroxyl groups excluding tert-OH is 4. The third-order valence-corrected chi connectivity index (χ3v) is 13.8. The number of esters is 2. The number of phosphoric ester groups is 2. The molecule has 4 aliphatic rings. The van der Waals surface area contributed by atoms with Crippen molar-refractivity contribution in [1.29, 1.82) is 0 Å². The van der Waals surface area contributed by atoms with Crippen LogP contribution in [0.4, 0.5) is 0 Å². The zero-order chi connectivity index (χ0) is 53.9. The summed E-state index contributed by atoms with van der Waals surface area (Å²) in [6, 6.07) is 0. The molecule has 0 spiro atoms. The summed E-state index contributed by atoms with van der Waals surface area (Å²) in [5.41, 5.74) is 4.81. The first kappa shape index (κ1) is 58.9. The molecule has 390 valence electrons. The van der Waals surface area contributed by atoms with Gasteiger partial charge < -0.3 is 39.7 Å². The van der Waals surface area contributed by atoms with E-state index >= 15 is 0 Å². The minimum atomic E-state index is -4.77. The molecule has 0 aromatic rings. The van der Waals surface area contributed by atoms with Gasteiger partial charge in [-0.25, -0.2) is 18.7 Å². The first-order chi connectivity index (χ1) is 33.4. The number of cyclic esters (lactones) is 2. The van der Waals surface area contributed by atoms with E-state index in [1.54, 1.807) is 13.8 Å². The van der Waals surface area contributed by atoms with Crippen LogP contribution in [0.5, 0.6) is 0 Å². The van der Waals surface area contributed by atoms with E-state index in [0.29, 0.717) is 11.1 Å². The van der Waals surface area contributed by atoms with Crippen LogP contribution < -0.4 is 0 Å². The highest BCUT2D eigenvalue weighted by Crippen LogP contribution is 2.51. The zero-order valence-electron chi connectivity index (χ0n) is 41.9. The lowest BCUT2D eigenvalue weighted by Gasteiger charge is -2.36. The average Bonchev–Trinajstić information content (AvgIpc) is 3.67. The Bertz CT molecular complexity index is 2490. The van der Waals surface area contributed by atoms with Crippen LogP contribution >= 0.6 is 15.6 Å². The van der Waals surface area contributed by atoms with Crippen LogP contribution in [0.2, 0.25) is 0 Å². The first-order valence-corrected chi connectivity index (χ1v) is 25.7. The van der Waals surface area contributed by atoms with E-state index < -0.39 is 111 Å². The van der Waals surface area contributed by atoms with E-state index in [1.807, 2.05) is 140 Å². The predicted molar refractivity (Wildman–Crippen MR) is 267 cm³/mol. The highest BCUT2D eigenvalue weighted by molar-refractivity contribution is 7.47. The van der Waals surface area contributed by atoms with Crippen molar-refractivity contribution < 1.29 is 86.1 Å².